The minimum absolute atomic E-state index is 0.0638. The lowest BCUT2D eigenvalue weighted by molar-refractivity contribution is -0.259. The molecule has 4 atom stereocenters. The predicted octanol–water partition coefficient (Wildman–Crippen LogP) is -1.10. The summed E-state index contributed by atoms with van der Waals surface area (Å²) >= 11 is 0. The third-order valence-corrected chi connectivity index (χ3v) is 2.67. The fraction of sp³-hybridized carbons (Fsp3) is 1.00. The highest BCUT2D eigenvalue weighted by molar-refractivity contribution is 4.84. The molecule has 0 aromatic carbocycles. The van der Waals surface area contributed by atoms with E-state index >= 15 is 0 Å². The average Bonchev–Trinajstić information content (AvgIpc) is 2.08. The van der Waals surface area contributed by atoms with Crippen LogP contribution in [0.25, 0.3) is 0 Å². The van der Waals surface area contributed by atoms with Crippen molar-refractivity contribution in [3.05, 3.63) is 0 Å². The van der Waals surface area contributed by atoms with Crippen LogP contribution in [-0.2, 0) is 4.74 Å². The lowest BCUT2D eigenvalue weighted by Gasteiger charge is -2.42. The van der Waals surface area contributed by atoms with E-state index in [0.717, 1.165) is 0 Å². The van der Waals surface area contributed by atoms with Crippen LogP contribution in [0.4, 0.5) is 0 Å². The standard InChI is InChI=1S/C9H20N2O3/c1-10(2)6-5-7(11(3)4)14-9(13)8(6)12/h6-9,12-13H,5H2,1-4H3/t6?,7?,8?,9-/m1/s1. The second-order valence-electron chi connectivity index (χ2n) is 4.20. The lowest BCUT2D eigenvalue weighted by Crippen LogP contribution is -2.56. The summed E-state index contributed by atoms with van der Waals surface area (Å²) in [6, 6.07) is -0.0638. The van der Waals surface area contributed by atoms with E-state index in [1.54, 1.807) is 0 Å². The normalized spacial score (nSPS) is 39.4. The van der Waals surface area contributed by atoms with Gasteiger partial charge in [0.15, 0.2) is 6.29 Å². The number of nitrogens with zero attached hydrogens (tertiary/aromatic N) is 2. The molecule has 0 radical (unpaired) electrons. The molecule has 1 aliphatic heterocycles. The van der Waals surface area contributed by atoms with E-state index in [0.29, 0.717) is 6.42 Å². The molecule has 1 heterocycles. The third kappa shape index (κ3) is 2.43. The van der Waals surface area contributed by atoms with Crippen LogP contribution in [0.1, 0.15) is 6.42 Å². The third-order valence-electron chi connectivity index (χ3n) is 2.67. The van der Waals surface area contributed by atoms with Gasteiger partial charge in [-0.25, -0.2) is 0 Å². The summed E-state index contributed by atoms with van der Waals surface area (Å²) in [5, 5.41) is 19.2. The van der Waals surface area contributed by atoms with Gasteiger partial charge in [-0.3, -0.25) is 4.90 Å². The van der Waals surface area contributed by atoms with Gasteiger partial charge in [-0.05, 0) is 28.2 Å². The van der Waals surface area contributed by atoms with Crippen LogP contribution in [0, 0.1) is 0 Å². The van der Waals surface area contributed by atoms with Crippen molar-refractivity contribution in [1.82, 2.24) is 9.80 Å². The number of aliphatic hydroxyl groups excluding tert-OH is 2. The molecule has 1 saturated heterocycles. The van der Waals surface area contributed by atoms with E-state index < -0.39 is 12.4 Å². The van der Waals surface area contributed by atoms with Gasteiger partial charge < -0.3 is 19.8 Å². The summed E-state index contributed by atoms with van der Waals surface area (Å²) < 4.78 is 5.25. The van der Waals surface area contributed by atoms with Gasteiger partial charge in [-0.1, -0.05) is 0 Å². The molecule has 1 fully saturated rings. The summed E-state index contributed by atoms with van der Waals surface area (Å²) in [4.78, 5) is 3.80. The number of likely N-dealkylation sites (N-methyl/N-ethyl adjacent to an activating group) is 1. The van der Waals surface area contributed by atoms with Crippen molar-refractivity contribution in [2.45, 2.75) is 31.1 Å². The first-order valence-corrected chi connectivity index (χ1v) is 4.78. The molecular weight excluding hydrogens is 184 g/mol. The largest absolute Gasteiger partial charge is 0.386 e. The highest BCUT2D eigenvalue weighted by atomic mass is 16.6. The minimum Gasteiger partial charge on any atom is -0.386 e. The first-order valence-electron chi connectivity index (χ1n) is 4.78. The molecule has 1 aliphatic rings. The predicted molar refractivity (Wildman–Crippen MR) is 52.7 cm³/mol. The summed E-state index contributed by atoms with van der Waals surface area (Å²) in [5.74, 6) is 0. The van der Waals surface area contributed by atoms with Crippen molar-refractivity contribution >= 4 is 0 Å². The molecule has 0 aromatic rings. The molecule has 5 heteroatoms. The van der Waals surface area contributed by atoms with Crippen molar-refractivity contribution < 1.29 is 14.9 Å². The Hall–Kier alpha value is -0.200. The Labute approximate surface area is 84.9 Å². The zero-order chi connectivity index (χ0) is 10.9. The van der Waals surface area contributed by atoms with Gasteiger partial charge in [0.25, 0.3) is 0 Å². The van der Waals surface area contributed by atoms with E-state index in [-0.39, 0.29) is 12.3 Å². The molecular formula is C9H20N2O3. The van der Waals surface area contributed by atoms with E-state index in [1.807, 2.05) is 38.0 Å². The Bertz CT molecular complexity index is 187. The van der Waals surface area contributed by atoms with E-state index in [4.69, 9.17) is 4.74 Å². The van der Waals surface area contributed by atoms with Gasteiger partial charge >= 0.3 is 0 Å². The molecule has 2 N–H and O–H groups in total. The van der Waals surface area contributed by atoms with Crippen LogP contribution in [-0.4, -0.2) is 72.9 Å². The monoisotopic (exact) mass is 204 g/mol. The van der Waals surface area contributed by atoms with Crippen molar-refractivity contribution in [2.75, 3.05) is 28.2 Å². The van der Waals surface area contributed by atoms with Crippen molar-refractivity contribution in [3.63, 3.8) is 0 Å². The molecule has 0 spiro atoms. The summed E-state index contributed by atoms with van der Waals surface area (Å²) in [6.07, 6.45) is -1.37. The smallest absolute Gasteiger partial charge is 0.184 e. The quantitative estimate of drug-likeness (QED) is 0.598. The van der Waals surface area contributed by atoms with Gasteiger partial charge in [0, 0.05) is 12.5 Å². The minimum atomic E-state index is -1.09. The van der Waals surface area contributed by atoms with E-state index in [2.05, 4.69) is 0 Å². The maximum absolute atomic E-state index is 9.67. The van der Waals surface area contributed by atoms with Gasteiger partial charge in [-0.2, -0.15) is 0 Å². The maximum Gasteiger partial charge on any atom is 0.184 e. The average molecular weight is 204 g/mol. The molecule has 0 amide bonds. The molecule has 1 rings (SSSR count). The number of rotatable bonds is 2. The first kappa shape index (κ1) is 11.9. The van der Waals surface area contributed by atoms with E-state index in [1.165, 1.54) is 0 Å². The maximum atomic E-state index is 9.67. The van der Waals surface area contributed by atoms with Crippen LogP contribution < -0.4 is 0 Å². The second-order valence-corrected chi connectivity index (χ2v) is 4.20. The highest BCUT2D eigenvalue weighted by Gasteiger charge is 2.38. The van der Waals surface area contributed by atoms with Crippen LogP contribution in [0.5, 0.6) is 0 Å². The number of aliphatic hydroxyl groups is 2. The number of hydrogen-bond acceptors (Lipinski definition) is 5. The Morgan fingerprint density at radius 2 is 1.64 bits per heavy atom. The zero-order valence-corrected chi connectivity index (χ0v) is 9.21. The Kier molecular flexibility index (Phi) is 3.86. The molecule has 0 saturated carbocycles. The first-order chi connectivity index (χ1) is 6.43. The Morgan fingerprint density at radius 1 is 1.07 bits per heavy atom. The van der Waals surface area contributed by atoms with Crippen molar-refractivity contribution in [1.29, 1.82) is 0 Å². The molecule has 0 aromatic heterocycles. The number of ether oxygens (including phenoxy) is 1. The van der Waals surface area contributed by atoms with Crippen LogP contribution in [0.3, 0.4) is 0 Å². The molecule has 3 unspecified atom stereocenters. The van der Waals surface area contributed by atoms with Crippen LogP contribution in [0.2, 0.25) is 0 Å². The number of hydrogen-bond donors (Lipinski definition) is 2. The fourth-order valence-electron chi connectivity index (χ4n) is 1.68. The lowest BCUT2D eigenvalue weighted by atomic mass is 10.0. The van der Waals surface area contributed by atoms with Crippen LogP contribution >= 0.6 is 0 Å². The summed E-state index contributed by atoms with van der Waals surface area (Å²) in [7, 11) is 7.56. The van der Waals surface area contributed by atoms with Gasteiger partial charge in [0.2, 0.25) is 0 Å². The molecule has 84 valence electrons. The van der Waals surface area contributed by atoms with E-state index in [9.17, 15) is 10.2 Å². The van der Waals surface area contributed by atoms with Crippen molar-refractivity contribution in [2.24, 2.45) is 0 Å². The summed E-state index contributed by atoms with van der Waals surface area (Å²) in [5.41, 5.74) is 0. The van der Waals surface area contributed by atoms with Crippen molar-refractivity contribution in [3.8, 4) is 0 Å². The van der Waals surface area contributed by atoms with Gasteiger partial charge in [0.05, 0.1) is 0 Å². The van der Waals surface area contributed by atoms with Gasteiger partial charge in [-0.15, -0.1) is 0 Å². The Morgan fingerprint density at radius 3 is 2.07 bits per heavy atom. The van der Waals surface area contributed by atoms with Gasteiger partial charge in [0.1, 0.15) is 12.3 Å². The second kappa shape index (κ2) is 4.55. The SMILES string of the molecule is CN(C)C1CC(N(C)C)C(O)[C@H](O)O1. The topological polar surface area (TPSA) is 56.2 Å². The molecule has 0 bridgehead atoms. The molecule has 5 nitrogen and oxygen atoms in total. The zero-order valence-electron chi connectivity index (χ0n) is 9.21. The molecule has 0 aliphatic carbocycles. The van der Waals surface area contributed by atoms with Crippen LogP contribution in [0.15, 0.2) is 0 Å². The fourth-order valence-corrected chi connectivity index (χ4v) is 1.68. The molecule has 14 heavy (non-hydrogen) atoms. The summed E-state index contributed by atoms with van der Waals surface area (Å²) in [6.45, 7) is 0. The Balaban J connectivity index is 2.66. The highest BCUT2D eigenvalue weighted by Crippen LogP contribution is 2.22.